The Labute approximate surface area is 157 Å². The average Bonchev–Trinajstić information content (AvgIpc) is 2.65. The Kier molecular flexibility index (Phi) is 6.70. The Hall–Kier alpha value is -3.62. The lowest BCUT2D eigenvalue weighted by Gasteiger charge is -2.13. The maximum Gasteiger partial charge on any atom is 0.320 e. The van der Waals surface area contributed by atoms with Crippen LogP contribution in [0, 0.1) is 5.41 Å². The van der Waals surface area contributed by atoms with E-state index in [-0.39, 0.29) is 35.5 Å². The zero-order valence-corrected chi connectivity index (χ0v) is 15.2. The predicted octanol–water partition coefficient (Wildman–Crippen LogP) is 1.42. The number of pyridine rings is 1. The highest BCUT2D eigenvalue weighted by molar-refractivity contribution is 5.98. The molecule has 0 bridgehead atoms. The van der Waals surface area contributed by atoms with E-state index in [9.17, 15) is 9.59 Å². The lowest BCUT2D eigenvalue weighted by Crippen LogP contribution is -2.29. The van der Waals surface area contributed by atoms with Gasteiger partial charge in [-0.25, -0.2) is 9.78 Å². The Morgan fingerprint density at radius 1 is 1.26 bits per heavy atom. The highest BCUT2D eigenvalue weighted by Gasteiger charge is 2.13. The number of nitrogen functional groups attached to an aromatic ring is 1. The first-order chi connectivity index (χ1) is 12.9. The summed E-state index contributed by atoms with van der Waals surface area (Å²) >= 11 is 0. The number of nitrogens with one attached hydrogen (secondary N) is 3. The predicted molar refractivity (Wildman–Crippen MR) is 102 cm³/mol. The topological polar surface area (TPSA) is 133 Å². The third-order valence-electron chi connectivity index (χ3n) is 3.56. The summed E-state index contributed by atoms with van der Waals surface area (Å²) in [6, 6.07) is 10.5. The van der Waals surface area contributed by atoms with Crippen molar-refractivity contribution in [3.8, 4) is 0 Å². The van der Waals surface area contributed by atoms with Gasteiger partial charge in [-0.05, 0) is 5.56 Å². The van der Waals surface area contributed by atoms with Gasteiger partial charge in [0.15, 0.2) is 6.61 Å². The second-order valence-corrected chi connectivity index (χ2v) is 5.86. The molecule has 2 aromatic rings. The molecule has 0 unspecified atom stereocenters. The number of carbonyl (C=O) groups is 2. The van der Waals surface area contributed by atoms with Crippen molar-refractivity contribution in [3.63, 3.8) is 0 Å². The third kappa shape index (κ3) is 5.99. The van der Waals surface area contributed by atoms with E-state index in [1.807, 2.05) is 30.3 Å². The molecule has 1 aromatic heterocycles. The third-order valence-corrected chi connectivity index (χ3v) is 3.56. The quantitative estimate of drug-likeness (QED) is 0.451. The average molecular weight is 370 g/mol. The fourth-order valence-electron chi connectivity index (χ4n) is 2.01. The monoisotopic (exact) mass is 370 g/mol. The van der Waals surface area contributed by atoms with Gasteiger partial charge in [-0.3, -0.25) is 15.5 Å². The van der Waals surface area contributed by atoms with Crippen LogP contribution < -0.4 is 16.4 Å². The van der Waals surface area contributed by atoms with E-state index in [1.54, 1.807) is 14.1 Å². The number of hydrogen-bond acceptors (Lipinski definition) is 6. The van der Waals surface area contributed by atoms with Crippen molar-refractivity contribution < 1.29 is 14.3 Å². The first-order valence-electron chi connectivity index (χ1n) is 8.13. The van der Waals surface area contributed by atoms with Gasteiger partial charge >= 0.3 is 6.03 Å². The van der Waals surface area contributed by atoms with E-state index < -0.39 is 6.03 Å². The van der Waals surface area contributed by atoms with Gasteiger partial charge in [0.25, 0.3) is 5.91 Å². The fraction of sp³-hybridized carbons (Fsp3) is 0.222. The number of nitrogens with zero attached hydrogens (tertiary/aromatic N) is 2. The molecular weight excluding hydrogens is 348 g/mol. The molecule has 0 radical (unpaired) electrons. The Balaban J connectivity index is 1.90. The van der Waals surface area contributed by atoms with Crippen LogP contribution in [-0.2, 0) is 16.1 Å². The number of rotatable bonds is 6. The zero-order chi connectivity index (χ0) is 19.8. The number of urea groups is 1. The molecule has 9 nitrogen and oxygen atoms in total. The summed E-state index contributed by atoms with van der Waals surface area (Å²) in [5, 5.41) is 13.1. The zero-order valence-electron chi connectivity index (χ0n) is 15.2. The number of likely N-dealkylation sites (N-methyl/N-ethyl adjacent to an activating group) is 1. The smallest absolute Gasteiger partial charge is 0.320 e. The van der Waals surface area contributed by atoms with Crippen LogP contribution in [0.3, 0.4) is 0 Å². The molecule has 3 amide bonds. The van der Waals surface area contributed by atoms with Crippen LogP contribution in [-0.4, -0.2) is 48.4 Å². The van der Waals surface area contributed by atoms with Crippen molar-refractivity contribution in [3.05, 3.63) is 53.7 Å². The molecule has 27 heavy (non-hydrogen) atoms. The normalized spacial score (nSPS) is 10.0. The molecule has 0 aliphatic rings. The van der Waals surface area contributed by atoms with Crippen LogP contribution in [0.4, 0.5) is 16.3 Å². The maximum absolute atomic E-state index is 11.9. The first kappa shape index (κ1) is 19.7. The van der Waals surface area contributed by atoms with Crippen molar-refractivity contribution in [2.75, 3.05) is 31.8 Å². The number of hydrogen-bond donors (Lipinski definition) is 4. The Morgan fingerprint density at radius 3 is 2.59 bits per heavy atom. The highest BCUT2D eigenvalue weighted by atomic mass is 16.5. The molecule has 0 saturated heterocycles. The van der Waals surface area contributed by atoms with Gasteiger partial charge in [0, 0.05) is 38.6 Å². The van der Waals surface area contributed by atoms with Crippen LogP contribution >= 0.6 is 0 Å². The summed E-state index contributed by atoms with van der Waals surface area (Å²) in [4.78, 5) is 28.9. The number of ether oxygens (including phenoxy) is 1. The molecule has 1 heterocycles. The second kappa shape index (κ2) is 9.18. The number of nitrogens with two attached hydrogens (primary N) is 1. The molecule has 0 spiro atoms. The minimum absolute atomic E-state index is 0.200. The highest BCUT2D eigenvalue weighted by Crippen LogP contribution is 2.16. The molecule has 0 saturated carbocycles. The van der Waals surface area contributed by atoms with E-state index in [0.717, 1.165) is 5.56 Å². The SMILES string of the molecule is CN(C)C(=O)COC(=N)c1cnc(NC(=O)NCc2ccccc2)cc1N. The second-order valence-electron chi connectivity index (χ2n) is 5.86. The first-order valence-corrected chi connectivity index (χ1v) is 8.13. The molecule has 142 valence electrons. The van der Waals surface area contributed by atoms with E-state index in [4.69, 9.17) is 15.9 Å². The molecule has 0 atom stereocenters. The van der Waals surface area contributed by atoms with Gasteiger partial charge in [-0.2, -0.15) is 0 Å². The number of amides is 3. The van der Waals surface area contributed by atoms with Crippen LogP contribution in [0.5, 0.6) is 0 Å². The van der Waals surface area contributed by atoms with Gasteiger partial charge in [0.05, 0.1) is 5.56 Å². The summed E-state index contributed by atoms with van der Waals surface area (Å²) in [5.41, 5.74) is 7.30. The van der Waals surface area contributed by atoms with Gasteiger partial charge in [0.1, 0.15) is 5.82 Å². The van der Waals surface area contributed by atoms with Crippen molar-refractivity contribution in [1.29, 1.82) is 5.41 Å². The van der Waals surface area contributed by atoms with E-state index >= 15 is 0 Å². The molecule has 0 fully saturated rings. The molecule has 0 aliphatic carbocycles. The van der Waals surface area contributed by atoms with Crippen molar-refractivity contribution >= 4 is 29.3 Å². The molecule has 1 aromatic carbocycles. The van der Waals surface area contributed by atoms with E-state index in [2.05, 4.69) is 15.6 Å². The summed E-state index contributed by atoms with van der Waals surface area (Å²) in [6.07, 6.45) is 1.31. The fourth-order valence-corrected chi connectivity index (χ4v) is 2.01. The summed E-state index contributed by atoms with van der Waals surface area (Å²) in [6.45, 7) is 0.103. The van der Waals surface area contributed by atoms with Crippen LogP contribution in [0.25, 0.3) is 0 Å². The minimum atomic E-state index is -0.429. The summed E-state index contributed by atoms with van der Waals surface area (Å²) < 4.78 is 5.11. The van der Waals surface area contributed by atoms with Crippen LogP contribution in [0.2, 0.25) is 0 Å². The van der Waals surface area contributed by atoms with E-state index in [1.165, 1.54) is 17.2 Å². The molecular formula is C18H22N6O3. The molecule has 9 heteroatoms. The van der Waals surface area contributed by atoms with Gasteiger partial charge < -0.3 is 20.7 Å². The number of carbonyl (C=O) groups excluding carboxylic acids is 2. The minimum Gasteiger partial charge on any atom is -0.467 e. The number of anilines is 2. The molecule has 0 aliphatic heterocycles. The van der Waals surface area contributed by atoms with Crippen molar-refractivity contribution in [2.45, 2.75) is 6.54 Å². The Morgan fingerprint density at radius 2 is 1.96 bits per heavy atom. The maximum atomic E-state index is 11.9. The standard InChI is InChI=1S/C18H22N6O3/c1-24(2)16(25)11-27-17(20)13-10-21-15(8-14(13)19)23-18(26)22-9-12-6-4-3-5-7-12/h3-8,10,20H,9,11H2,1-2H3,(H4,19,21,22,23,26). The van der Waals surface area contributed by atoms with Crippen molar-refractivity contribution in [2.24, 2.45) is 0 Å². The summed E-state index contributed by atoms with van der Waals surface area (Å²) in [7, 11) is 3.18. The van der Waals surface area contributed by atoms with Crippen LogP contribution in [0.1, 0.15) is 11.1 Å². The Bertz CT molecular complexity index is 823. The largest absolute Gasteiger partial charge is 0.467 e. The molecule has 5 N–H and O–H groups in total. The lowest BCUT2D eigenvalue weighted by molar-refractivity contribution is -0.131. The molecule has 2 rings (SSSR count). The summed E-state index contributed by atoms with van der Waals surface area (Å²) in [5.74, 6) is -0.311. The van der Waals surface area contributed by atoms with Crippen LogP contribution in [0.15, 0.2) is 42.6 Å². The van der Waals surface area contributed by atoms with Crippen molar-refractivity contribution in [1.82, 2.24) is 15.2 Å². The van der Waals surface area contributed by atoms with E-state index in [0.29, 0.717) is 6.54 Å². The van der Waals surface area contributed by atoms with Gasteiger partial charge in [0.2, 0.25) is 5.90 Å². The van der Waals surface area contributed by atoms with Gasteiger partial charge in [-0.1, -0.05) is 30.3 Å². The lowest BCUT2D eigenvalue weighted by atomic mass is 10.2. The van der Waals surface area contributed by atoms with Gasteiger partial charge in [-0.15, -0.1) is 0 Å². The number of benzene rings is 1. The number of aromatic nitrogens is 1.